The summed E-state index contributed by atoms with van der Waals surface area (Å²) in [6.07, 6.45) is 1.67. The molecule has 0 spiro atoms. The van der Waals surface area contributed by atoms with Gasteiger partial charge in [0.15, 0.2) is 23.2 Å². The Morgan fingerprint density at radius 1 is 0.800 bits per heavy atom. The van der Waals surface area contributed by atoms with Crippen molar-refractivity contribution in [3.05, 3.63) is 52.7 Å². The van der Waals surface area contributed by atoms with Crippen LogP contribution in [0.4, 0.5) is 14.5 Å². The molecule has 0 atom stereocenters. The quantitative estimate of drug-likeness (QED) is 0.867. The number of allylic oxidation sites excluding steroid dienone is 4. The zero-order valence-corrected chi connectivity index (χ0v) is 13.4. The summed E-state index contributed by atoms with van der Waals surface area (Å²) in [6, 6.07) is 2.90. The van der Waals surface area contributed by atoms with E-state index in [4.69, 9.17) is 0 Å². The molecule has 0 saturated heterocycles. The predicted molar refractivity (Wildman–Crippen MR) is 85.9 cm³/mol. The van der Waals surface area contributed by atoms with Crippen molar-refractivity contribution < 1.29 is 28.6 Å². The molecule has 2 aliphatic carbocycles. The van der Waals surface area contributed by atoms with Crippen LogP contribution in [0.2, 0.25) is 0 Å². The SMILES string of the molecule is O=C1CCCC(O)=C1N(C1=C(O)CCCC1=O)c1ccc(F)c(F)c1. The number of aliphatic hydroxyl groups excluding tert-OH is 2. The lowest BCUT2D eigenvalue weighted by atomic mass is 9.95. The first kappa shape index (κ1) is 17.1. The summed E-state index contributed by atoms with van der Waals surface area (Å²) in [5.41, 5.74) is -0.351. The summed E-state index contributed by atoms with van der Waals surface area (Å²) < 4.78 is 27.0. The fourth-order valence-electron chi connectivity index (χ4n) is 3.13. The molecule has 1 aromatic carbocycles. The largest absolute Gasteiger partial charge is 0.510 e. The van der Waals surface area contributed by atoms with Crippen LogP contribution in [-0.2, 0) is 9.59 Å². The van der Waals surface area contributed by atoms with Gasteiger partial charge in [0, 0.05) is 37.4 Å². The summed E-state index contributed by atoms with van der Waals surface area (Å²) in [5, 5.41) is 20.5. The number of nitrogens with zero attached hydrogens (tertiary/aromatic N) is 1. The van der Waals surface area contributed by atoms with Crippen molar-refractivity contribution in [1.29, 1.82) is 0 Å². The van der Waals surface area contributed by atoms with Crippen molar-refractivity contribution in [2.75, 3.05) is 4.90 Å². The van der Waals surface area contributed by atoms with Crippen molar-refractivity contribution in [2.45, 2.75) is 38.5 Å². The van der Waals surface area contributed by atoms with Crippen LogP contribution in [0, 0.1) is 11.6 Å². The van der Waals surface area contributed by atoms with Crippen LogP contribution in [0.15, 0.2) is 41.1 Å². The van der Waals surface area contributed by atoms with Crippen LogP contribution >= 0.6 is 0 Å². The Morgan fingerprint density at radius 2 is 1.32 bits per heavy atom. The number of ketones is 2. The summed E-state index contributed by atoms with van der Waals surface area (Å²) in [4.78, 5) is 25.8. The van der Waals surface area contributed by atoms with Crippen LogP contribution in [0.1, 0.15) is 38.5 Å². The Hall–Kier alpha value is -2.70. The molecule has 0 aromatic heterocycles. The van der Waals surface area contributed by atoms with Gasteiger partial charge in [-0.1, -0.05) is 0 Å². The third kappa shape index (κ3) is 3.14. The van der Waals surface area contributed by atoms with Gasteiger partial charge in [-0.05, 0) is 25.0 Å². The lowest BCUT2D eigenvalue weighted by Gasteiger charge is -2.32. The first-order valence-corrected chi connectivity index (χ1v) is 8.06. The van der Waals surface area contributed by atoms with Gasteiger partial charge in [0.25, 0.3) is 0 Å². The molecule has 2 N–H and O–H groups in total. The molecule has 1 aromatic rings. The first-order chi connectivity index (χ1) is 11.9. The lowest BCUT2D eigenvalue weighted by molar-refractivity contribution is -0.116. The highest BCUT2D eigenvalue weighted by Gasteiger charge is 2.35. The molecule has 132 valence electrons. The molecule has 5 nitrogen and oxygen atoms in total. The molecule has 25 heavy (non-hydrogen) atoms. The van der Waals surface area contributed by atoms with Crippen molar-refractivity contribution in [3.63, 3.8) is 0 Å². The van der Waals surface area contributed by atoms with E-state index in [1.54, 1.807) is 0 Å². The molecule has 0 amide bonds. The van der Waals surface area contributed by atoms with E-state index < -0.39 is 23.2 Å². The number of rotatable bonds is 3. The van der Waals surface area contributed by atoms with E-state index in [1.165, 1.54) is 6.07 Å². The van der Waals surface area contributed by atoms with Crippen molar-refractivity contribution >= 4 is 17.3 Å². The van der Waals surface area contributed by atoms with Gasteiger partial charge in [-0.15, -0.1) is 0 Å². The number of halogens is 2. The number of Topliss-reactive ketones (excluding diaryl/α,β-unsaturated/α-hetero) is 2. The second-order valence-electron chi connectivity index (χ2n) is 6.08. The van der Waals surface area contributed by atoms with E-state index >= 15 is 0 Å². The molecule has 0 unspecified atom stereocenters. The van der Waals surface area contributed by atoms with E-state index in [1.807, 2.05) is 0 Å². The van der Waals surface area contributed by atoms with Gasteiger partial charge < -0.3 is 10.2 Å². The average molecular weight is 349 g/mol. The third-order valence-corrected chi connectivity index (χ3v) is 4.32. The van der Waals surface area contributed by atoms with Gasteiger partial charge in [-0.2, -0.15) is 0 Å². The molecule has 0 radical (unpaired) electrons. The highest BCUT2D eigenvalue weighted by atomic mass is 19.2. The second-order valence-corrected chi connectivity index (χ2v) is 6.08. The molecular formula is C18H17F2NO4. The Balaban J connectivity index is 2.23. The molecule has 7 heteroatoms. The number of carbonyl (C=O) groups excluding carboxylic acids is 2. The number of benzene rings is 1. The number of hydrogen-bond acceptors (Lipinski definition) is 5. The van der Waals surface area contributed by atoms with Crippen LogP contribution in [0.25, 0.3) is 0 Å². The van der Waals surface area contributed by atoms with Crippen LogP contribution in [0.5, 0.6) is 0 Å². The Kier molecular flexibility index (Phi) is 4.57. The predicted octanol–water partition coefficient (Wildman–Crippen LogP) is 3.82. The van der Waals surface area contributed by atoms with Gasteiger partial charge in [-0.25, -0.2) is 8.78 Å². The zero-order valence-electron chi connectivity index (χ0n) is 13.4. The molecule has 0 fully saturated rings. The zero-order chi connectivity index (χ0) is 18.1. The van der Waals surface area contributed by atoms with Crippen molar-refractivity contribution in [3.8, 4) is 0 Å². The number of hydrogen-bond donors (Lipinski definition) is 2. The van der Waals surface area contributed by atoms with E-state index in [2.05, 4.69) is 0 Å². The van der Waals surface area contributed by atoms with Crippen LogP contribution < -0.4 is 4.90 Å². The fourth-order valence-corrected chi connectivity index (χ4v) is 3.13. The summed E-state index contributed by atoms with van der Waals surface area (Å²) >= 11 is 0. The maximum Gasteiger partial charge on any atom is 0.183 e. The molecule has 3 rings (SSSR count). The minimum Gasteiger partial charge on any atom is -0.510 e. The summed E-state index contributed by atoms with van der Waals surface area (Å²) in [6.45, 7) is 0. The van der Waals surface area contributed by atoms with Crippen LogP contribution in [0.3, 0.4) is 0 Å². The maximum atomic E-state index is 13.7. The Labute approximate surface area is 142 Å². The normalized spacial score (nSPS) is 18.8. The molecule has 0 bridgehead atoms. The lowest BCUT2D eigenvalue weighted by Crippen LogP contribution is -2.35. The smallest absolute Gasteiger partial charge is 0.183 e. The molecule has 0 heterocycles. The highest BCUT2D eigenvalue weighted by molar-refractivity contribution is 6.07. The molecular weight excluding hydrogens is 332 g/mol. The van der Waals surface area contributed by atoms with Crippen molar-refractivity contribution in [2.24, 2.45) is 0 Å². The van der Waals surface area contributed by atoms with Gasteiger partial charge in [0.2, 0.25) is 0 Å². The summed E-state index contributed by atoms with van der Waals surface area (Å²) in [7, 11) is 0. The number of carbonyl (C=O) groups is 2. The van der Waals surface area contributed by atoms with Gasteiger partial charge >= 0.3 is 0 Å². The molecule has 0 aliphatic heterocycles. The molecule has 2 aliphatic rings. The van der Waals surface area contributed by atoms with Gasteiger partial charge in [0.1, 0.15) is 22.9 Å². The van der Waals surface area contributed by atoms with E-state index in [0.717, 1.165) is 17.0 Å². The minimum atomic E-state index is -1.16. The standard InChI is InChI=1S/C18H17F2NO4/c19-11-8-7-10(9-12(11)20)21(17-13(22)3-1-4-14(17)23)18-15(24)5-2-6-16(18)25/h7-9,22,24H,1-6H2. The topological polar surface area (TPSA) is 77.8 Å². The van der Waals surface area contributed by atoms with E-state index in [-0.39, 0.29) is 54.3 Å². The Morgan fingerprint density at radius 3 is 1.76 bits per heavy atom. The monoisotopic (exact) mass is 349 g/mol. The fraction of sp³-hybridized carbons (Fsp3) is 0.333. The third-order valence-electron chi connectivity index (χ3n) is 4.32. The number of aliphatic hydroxyl groups is 2. The maximum absolute atomic E-state index is 13.7. The highest BCUT2D eigenvalue weighted by Crippen LogP contribution is 2.35. The van der Waals surface area contributed by atoms with E-state index in [9.17, 15) is 28.6 Å². The second kappa shape index (κ2) is 6.66. The van der Waals surface area contributed by atoms with Gasteiger partial charge in [-0.3, -0.25) is 14.5 Å². The minimum absolute atomic E-state index is 0.00694. The first-order valence-electron chi connectivity index (χ1n) is 8.06. The Bertz CT molecular complexity index is 771. The van der Waals surface area contributed by atoms with Crippen molar-refractivity contribution in [1.82, 2.24) is 0 Å². The van der Waals surface area contributed by atoms with E-state index in [0.29, 0.717) is 12.8 Å². The number of anilines is 1. The van der Waals surface area contributed by atoms with Gasteiger partial charge in [0.05, 0.1) is 0 Å². The molecule has 0 saturated carbocycles. The summed E-state index contributed by atoms with van der Waals surface area (Å²) in [5.74, 6) is -3.56. The van der Waals surface area contributed by atoms with Crippen LogP contribution in [-0.4, -0.2) is 21.8 Å². The average Bonchev–Trinajstić information content (AvgIpc) is 2.55.